The number of ether oxygens (including phenoxy) is 2. The number of fused-ring (bicyclic) bond motifs is 1. The maximum Gasteiger partial charge on any atom is 0.288 e. The first-order valence-corrected chi connectivity index (χ1v) is 12.3. The van der Waals surface area contributed by atoms with Gasteiger partial charge in [-0.15, -0.1) is 17.9 Å². The molecule has 0 fully saturated rings. The van der Waals surface area contributed by atoms with Gasteiger partial charge < -0.3 is 14.8 Å². The summed E-state index contributed by atoms with van der Waals surface area (Å²) >= 11 is 1.15. The fourth-order valence-corrected chi connectivity index (χ4v) is 5.07. The molecule has 3 aromatic rings. The number of hydrogen-bond acceptors (Lipinski definition) is 9. The maximum atomic E-state index is 13.2. The average Bonchev–Trinajstić information content (AvgIpc) is 3.45. The monoisotopic (exact) mass is 558 g/mol. The number of carbonyl (C=O) groups excluding carboxylic acids is 1. The predicted octanol–water partition coefficient (Wildman–Crippen LogP) is 3.19. The number of anilines is 1. The van der Waals surface area contributed by atoms with Gasteiger partial charge in [0.1, 0.15) is 10.7 Å². The molecular formula is C24H16F2N4O6S2. The van der Waals surface area contributed by atoms with Gasteiger partial charge in [0.25, 0.3) is 22.9 Å². The van der Waals surface area contributed by atoms with Gasteiger partial charge in [0, 0.05) is 17.1 Å². The zero-order valence-corrected chi connectivity index (χ0v) is 20.8. The summed E-state index contributed by atoms with van der Waals surface area (Å²) in [6.45, 7) is 3.46. The molecule has 0 atom stereocenters. The van der Waals surface area contributed by atoms with Gasteiger partial charge in [-0.1, -0.05) is 17.8 Å². The number of halogens is 2. The zero-order chi connectivity index (χ0) is 27.4. The van der Waals surface area contributed by atoms with Crippen molar-refractivity contribution in [3.05, 3.63) is 84.3 Å². The third-order valence-corrected chi connectivity index (χ3v) is 6.97. The molecule has 38 heavy (non-hydrogen) atoms. The molecule has 10 nitrogen and oxygen atoms in total. The molecule has 0 bridgehead atoms. The minimum Gasteiger partial charge on any atom is -0.454 e. The highest BCUT2D eigenvalue weighted by Crippen LogP contribution is 2.38. The molecule has 0 saturated heterocycles. The van der Waals surface area contributed by atoms with E-state index in [1.165, 1.54) is 48.6 Å². The molecule has 1 aliphatic heterocycles. The Morgan fingerprint density at radius 3 is 2.61 bits per heavy atom. The zero-order valence-electron chi connectivity index (χ0n) is 19.2. The van der Waals surface area contributed by atoms with Crippen molar-refractivity contribution in [2.24, 2.45) is 0 Å². The molecule has 0 aliphatic carbocycles. The quantitative estimate of drug-likeness (QED) is 0.193. The number of nitro benzene ring substituents is 1. The first kappa shape index (κ1) is 26.6. The largest absolute Gasteiger partial charge is 0.454 e. The van der Waals surface area contributed by atoms with Crippen LogP contribution in [0.25, 0.3) is 11.6 Å². The number of amides is 1. The summed E-state index contributed by atoms with van der Waals surface area (Å²) in [4.78, 5) is 37.4. The fourth-order valence-electron chi connectivity index (χ4n) is 3.47. The lowest BCUT2D eigenvalue weighted by Gasteiger charge is -2.06. The second kappa shape index (κ2) is 11.3. The van der Waals surface area contributed by atoms with Gasteiger partial charge in [-0.05, 0) is 36.4 Å². The molecule has 194 valence electrons. The highest BCUT2D eigenvalue weighted by molar-refractivity contribution is 7.99. The molecule has 2 aromatic carbocycles. The summed E-state index contributed by atoms with van der Waals surface area (Å²) in [6.07, 6.45) is 2.68. The number of benzene rings is 2. The van der Waals surface area contributed by atoms with Crippen LogP contribution in [0.15, 0.2) is 58.7 Å². The Labute approximate surface area is 220 Å². The van der Waals surface area contributed by atoms with Crippen LogP contribution in [0.5, 0.6) is 11.5 Å². The number of nitrogens with zero attached hydrogens (tertiary/aromatic N) is 3. The van der Waals surface area contributed by atoms with Crippen molar-refractivity contribution in [2.75, 3.05) is 12.1 Å². The molecule has 4 rings (SSSR count). The Morgan fingerprint density at radius 1 is 1.32 bits per heavy atom. The Balaban J connectivity index is 1.80. The SMILES string of the molecule is C=CCn1c(=C(C#N)C(=O)Nc2ccc(SC(F)F)cc2)sc(=Cc2cc3c(cc2[N+](=O)[O-])OCO3)c1=O. The van der Waals surface area contributed by atoms with Crippen LogP contribution < -0.4 is 29.5 Å². The van der Waals surface area contributed by atoms with Crippen LogP contribution in [0, 0.1) is 21.4 Å². The maximum absolute atomic E-state index is 13.2. The van der Waals surface area contributed by atoms with E-state index in [-0.39, 0.29) is 56.5 Å². The number of hydrogen-bond donors (Lipinski definition) is 1. The lowest BCUT2D eigenvalue weighted by molar-refractivity contribution is -0.385. The van der Waals surface area contributed by atoms with E-state index < -0.39 is 22.1 Å². The summed E-state index contributed by atoms with van der Waals surface area (Å²) < 4.78 is 36.7. The summed E-state index contributed by atoms with van der Waals surface area (Å²) in [5.74, 6) is -2.96. The third kappa shape index (κ3) is 5.58. The first-order chi connectivity index (χ1) is 18.2. The second-order valence-electron chi connectivity index (χ2n) is 7.49. The second-order valence-corrected chi connectivity index (χ2v) is 9.58. The number of nitrogens with one attached hydrogen (secondary N) is 1. The molecule has 0 spiro atoms. The fraction of sp³-hybridized carbons (Fsp3) is 0.125. The minimum absolute atomic E-state index is 0.00872. The molecular weight excluding hydrogens is 542 g/mol. The standard InChI is InChI=1S/C24H16F2N4O6S2/c1-2-7-29-22(32)20(9-13-8-18-19(36-12-35-18)10-17(13)30(33)34)38-23(29)16(11-27)21(31)28-14-3-5-15(6-4-14)37-24(25)26/h2-6,8-10,24H,1,7,12H2,(H,28,31). The predicted molar refractivity (Wildman–Crippen MR) is 137 cm³/mol. The van der Waals surface area contributed by atoms with Gasteiger partial charge in [0.15, 0.2) is 17.1 Å². The summed E-state index contributed by atoms with van der Waals surface area (Å²) in [5, 5.41) is 23.9. The molecule has 0 saturated carbocycles. The number of carbonyl (C=O) groups is 1. The van der Waals surface area contributed by atoms with Crippen molar-refractivity contribution in [3.63, 3.8) is 0 Å². The van der Waals surface area contributed by atoms with Crippen molar-refractivity contribution in [1.29, 1.82) is 5.26 Å². The highest BCUT2D eigenvalue weighted by atomic mass is 32.2. The number of allylic oxidation sites excluding steroid dienone is 1. The van der Waals surface area contributed by atoms with Gasteiger partial charge in [-0.2, -0.15) is 14.0 Å². The Morgan fingerprint density at radius 2 is 2.00 bits per heavy atom. The number of thiazole rings is 1. The molecule has 1 aromatic heterocycles. The topological polar surface area (TPSA) is 136 Å². The normalized spacial score (nSPS) is 13.3. The van der Waals surface area contributed by atoms with Crippen LogP contribution in [0.1, 0.15) is 5.56 Å². The number of nitro groups is 1. The Bertz CT molecular complexity index is 1660. The lowest BCUT2D eigenvalue weighted by atomic mass is 10.1. The van der Waals surface area contributed by atoms with Gasteiger partial charge in [0.05, 0.1) is 21.1 Å². The number of thioether (sulfide) groups is 1. The van der Waals surface area contributed by atoms with Crippen molar-refractivity contribution >= 4 is 52.0 Å². The van der Waals surface area contributed by atoms with E-state index in [9.17, 15) is 33.7 Å². The number of aromatic nitrogens is 1. The van der Waals surface area contributed by atoms with Crippen LogP contribution in [-0.4, -0.2) is 27.9 Å². The van der Waals surface area contributed by atoms with E-state index >= 15 is 0 Å². The van der Waals surface area contributed by atoms with Crippen molar-refractivity contribution in [3.8, 4) is 17.6 Å². The smallest absolute Gasteiger partial charge is 0.288 e. The van der Waals surface area contributed by atoms with E-state index in [1.807, 2.05) is 0 Å². The van der Waals surface area contributed by atoms with E-state index in [2.05, 4.69) is 11.9 Å². The van der Waals surface area contributed by atoms with Gasteiger partial charge in [-0.25, -0.2) is 0 Å². The molecule has 1 N–H and O–H groups in total. The van der Waals surface area contributed by atoms with E-state index in [0.717, 1.165) is 15.9 Å². The molecule has 0 radical (unpaired) electrons. The van der Waals surface area contributed by atoms with Crippen molar-refractivity contribution in [2.45, 2.75) is 17.2 Å². The lowest BCUT2D eigenvalue weighted by Crippen LogP contribution is -2.33. The summed E-state index contributed by atoms with van der Waals surface area (Å²) in [6, 6.07) is 9.95. The van der Waals surface area contributed by atoms with Crippen LogP contribution >= 0.6 is 23.1 Å². The van der Waals surface area contributed by atoms with Crippen LogP contribution in [0.2, 0.25) is 0 Å². The van der Waals surface area contributed by atoms with Crippen LogP contribution in [-0.2, 0) is 11.3 Å². The number of alkyl halides is 2. The first-order valence-electron chi connectivity index (χ1n) is 10.6. The molecule has 1 amide bonds. The summed E-state index contributed by atoms with van der Waals surface area (Å²) in [7, 11) is 0. The average molecular weight is 559 g/mol. The van der Waals surface area contributed by atoms with Gasteiger partial charge in [0.2, 0.25) is 6.79 Å². The summed E-state index contributed by atoms with van der Waals surface area (Å²) in [5.41, 5.74) is -0.988. The van der Waals surface area contributed by atoms with Crippen LogP contribution in [0.4, 0.5) is 20.2 Å². The van der Waals surface area contributed by atoms with Gasteiger partial charge in [-0.3, -0.25) is 24.3 Å². The van der Waals surface area contributed by atoms with Gasteiger partial charge >= 0.3 is 0 Å². The van der Waals surface area contributed by atoms with E-state index in [0.29, 0.717) is 16.7 Å². The van der Waals surface area contributed by atoms with Crippen LogP contribution in [0.3, 0.4) is 0 Å². The molecule has 2 heterocycles. The third-order valence-electron chi connectivity index (χ3n) is 5.11. The Kier molecular flexibility index (Phi) is 7.89. The van der Waals surface area contributed by atoms with E-state index in [1.54, 1.807) is 6.07 Å². The number of rotatable bonds is 8. The van der Waals surface area contributed by atoms with E-state index in [4.69, 9.17) is 9.47 Å². The van der Waals surface area contributed by atoms with Crippen molar-refractivity contribution in [1.82, 2.24) is 4.57 Å². The molecule has 1 aliphatic rings. The highest BCUT2D eigenvalue weighted by Gasteiger charge is 2.23. The molecule has 0 unspecified atom stereocenters. The minimum atomic E-state index is -2.60. The van der Waals surface area contributed by atoms with Crippen molar-refractivity contribution < 1.29 is 28.0 Å². The molecule has 14 heteroatoms. The Hall–Kier alpha value is -4.48. The number of nitriles is 1.